The lowest BCUT2D eigenvalue weighted by Gasteiger charge is -2.21. The summed E-state index contributed by atoms with van der Waals surface area (Å²) in [7, 11) is -9.93. The Balaban J connectivity index is 5.22. The van der Waals surface area contributed by atoms with Crippen molar-refractivity contribution < 1.29 is 80.2 Å². The second-order valence-corrected chi connectivity index (χ2v) is 35.3. The lowest BCUT2D eigenvalue weighted by Crippen LogP contribution is -2.30. The van der Waals surface area contributed by atoms with E-state index < -0.39 is 97.5 Å². The van der Waals surface area contributed by atoms with Gasteiger partial charge in [-0.3, -0.25) is 37.3 Å². The van der Waals surface area contributed by atoms with Crippen molar-refractivity contribution in [3.8, 4) is 0 Å². The molecule has 0 fully saturated rings. The van der Waals surface area contributed by atoms with Gasteiger partial charge in [0, 0.05) is 25.7 Å². The van der Waals surface area contributed by atoms with Crippen molar-refractivity contribution >= 4 is 39.5 Å². The number of rotatable bonds is 87. The molecule has 0 aromatic heterocycles. The van der Waals surface area contributed by atoms with Crippen LogP contribution in [0, 0.1) is 11.8 Å². The zero-order valence-corrected chi connectivity index (χ0v) is 72.2. The number of aliphatic hydroxyl groups is 1. The van der Waals surface area contributed by atoms with E-state index >= 15 is 0 Å². The van der Waals surface area contributed by atoms with Crippen molar-refractivity contribution in [3.05, 3.63) is 0 Å². The van der Waals surface area contributed by atoms with Gasteiger partial charge in [0.1, 0.15) is 19.3 Å². The minimum atomic E-state index is -4.97. The Kier molecular flexibility index (Phi) is 77.9. The summed E-state index contributed by atoms with van der Waals surface area (Å²) in [5.74, 6) is -0.546. The molecule has 0 aromatic carbocycles. The van der Waals surface area contributed by atoms with Gasteiger partial charge < -0.3 is 33.8 Å². The molecule has 0 heterocycles. The van der Waals surface area contributed by atoms with E-state index in [-0.39, 0.29) is 25.7 Å². The zero-order chi connectivity index (χ0) is 78.5. The second-order valence-electron chi connectivity index (χ2n) is 32.4. The van der Waals surface area contributed by atoms with Crippen LogP contribution in [-0.4, -0.2) is 96.7 Å². The largest absolute Gasteiger partial charge is 0.472 e. The number of phosphoric acid groups is 2. The maximum atomic E-state index is 13.2. The Morgan fingerprint density at radius 3 is 0.710 bits per heavy atom. The summed E-state index contributed by atoms with van der Waals surface area (Å²) in [6, 6.07) is 0. The number of carbonyl (C=O) groups is 4. The van der Waals surface area contributed by atoms with E-state index in [9.17, 15) is 43.2 Å². The maximum Gasteiger partial charge on any atom is 0.472 e. The average molecular weight is 1560 g/mol. The first-order valence-electron chi connectivity index (χ1n) is 45.5. The Labute approximate surface area is 658 Å². The highest BCUT2D eigenvalue weighted by Gasteiger charge is 2.31. The Morgan fingerprint density at radius 1 is 0.271 bits per heavy atom. The molecule has 3 unspecified atom stereocenters. The topological polar surface area (TPSA) is 237 Å². The number of hydrogen-bond acceptors (Lipinski definition) is 15. The molecule has 19 heteroatoms. The van der Waals surface area contributed by atoms with Crippen LogP contribution in [0.25, 0.3) is 0 Å². The lowest BCUT2D eigenvalue weighted by atomic mass is 9.99. The predicted octanol–water partition coefficient (Wildman–Crippen LogP) is 27.0. The number of carbonyl (C=O) groups excluding carboxylic acids is 4. The summed E-state index contributed by atoms with van der Waals surface area (Å²) < 4.78 is 68.9. The highest BCUT2D eigenvalue weighted by atomic mass is 31.2. The van der Waals surface area contributed by atoms with Crippen LogP contribution in [0.5, 0.6) is 0 Å². The lowest BCUT2D eigenvalue weighted by molar-refractivity contribution is -0.161. The third kappa shape index (κ3) is 80.5. The van der Waals surface area contributed by atoms with Crippen molar-refractivity contribution in [1.82, 2.24) is 0 Å². The van der Waals surface area contributed by atoms with Gasteiger partial charge in [-0.2, -0.15) is 0 Å². The van der Waals surface area contributed by atoms with Crippen LogP contribution in [-0.2, 0) is 65.4 Å². The van der Waals surface area contributed by atoms with Crippen LogP contribution in [0.15, 0.2) is 0 Å². The second kappa shape index (κ2) is 79.3. The average Bonchev–Trinajstić information content (AvgIpc) is 0.900. The summed E-state index contributed by atoms with van der Waals surface area (Å²) in [6.45, 7) is 9.68. The van der Waals surface area contributed by atoms with E-state index in [2.05, 4.69) is 41.5 Å². The standard InChI is InChI=1S/C88H172O17P2/c1-7-10-12-14-16-18-20-22-24-26-27-28-29-30-32-34-40-44-48-54-61-67-72-87(92)104-83(76-98-85(90)70-64-58-52-46-42-38-36-35-37-41-45-51-57-63-69-81(6)9-3)78-102-106(94,95)100-74-82(89)75-101-107(96,97)103-79-84(77-99-86(91)71-65-59-55-49-50-56-62-68-80(4)5)105-88(93)73-66-60-53-47-43-39-33-31-25-23-21-19-17-15-13-11-8-2/h80-84,89H,7-79H2,1-6H3,(H,94,95)(H,96,97)/t81?,82-,83-,84-/m1/s1. The predicted molar refractivity (Wildman–Crippen MR) is 442 cm³/mol. The normalized spacial score (nSPS) is 14.0. The highest BCUT2D eigenvalue weighted by molar-refractivity contribution is 7.47. The maximum absolute atomic E-state index is 13.2. The molecule has 17 nitrogen and oxygen atoms in total. The van der Waals surface area contributed by atoms with Gasteiger partial charge in [-0.05, 0) is 37.5 Å². The van der Waals surface area contributed by atoms with E-state index in [4.69, 9.17) is 37.0 Å². The van der Waals surface area contributed by atoms with Gasteiger partial charge in [0.2, 0.25) is 0 Å². The first kappa shape index (κ1) is 105. The minimum absolute atomic E-state index is 0.108. The minimum Gasteiger partial charge on any atom is -0.462 e. The molecule has 0 amide bonds. The highest BCUT2D eigenvalue weighted by Crippen LogP contribution is 2.45. The van der Waals surface area contributed by atoms with E-state index in [1.54, 1.807) is 0 Å². The SMILES string of the molecule is CCCCCCCCCCCCCCCCCCCCCCCCC(=O)O[C@H](COC(=O)CCCCCCCCCCCCCCCCC(C)CC)COP(=O)(O)OC[C@@H](O)COP(=O)(O)OC[C@@H](COC(=O)CCCCCCCCCC(C)C)OC(=O)CCCCCCCCCCCCCCCCCCC. The number of ether oxygens (including phenoxy) is 4. The fraction of sp³-hybridized carbons (Fsp3) is 0.955. The summed E-state index contributed by atoms with van der Waals surface area (Å²) >= 11 is 0. The molecule has 0 saturated carbocycles. The molecule has 0 saturated heterocycles. The molecule has 636 valence electrons. The molecule has 6 atom stereocenters. The van der Waals surface area contributed by atoms with Gasteiger partial charge in [0.05, 0.1) is 26.4 Å². The number of esters is 4. The first-order valence-corrected chi connectivity index (χ1v) is 48.5. The number of unbranched alkanes of at least 4 members (excludes halogenated alkanes) is 56. The van der Waals surface area contributed by atoms with Gasteiger partial charge in [0.15, 0.2) is 12.2 Å². The van der Waals surface area contributed by atoms with E-state index in [1.165, 1.54) is 283 Å². The first-order chi connectivity index (χ1) is 51.9. The van der Waals surface area contributed by atoms with Crippen LogP contribution in [0.4, 0.5) is 0 Å². The third-order valence-electron chi connectivity index (χ3n) is 21.1. The van der Waals surface area contributed by atoms with E-state index in [0.717, 1.165) is 102 Å². The molecule has 0 aliphatic rings. The summed E-state index contributed by atoms with van der Waals surface area (Å²) in [4.78, 5) is 73.3. The molecule has 0 bridgehead atoms. The smallest absolute Gasteiger partial charge is 0.462 e. The van der Waals surface area contributed by atoms with Crippen LogP contribution in [0.1, 0.15) is 472 Å². The molecular weight excluding hydrogens is 1390 g/mol. The molecule has 0 rings (SSSR count). The molecule has 0 spiro atoms. The molecule has 0 aliphatic carbocycles. The van der Waals surface area contributed by atoms with Crippen LogP contribution in [0.2, 0.25) is 0 Å². The van der Waals surface area contributed by atoms with Crippen molar-refractivity contribution in [1.29, 1.82) is 0 Å². The Bertz CT molecular complexity index is 2050. The van der Waals surface area contributed by atoms with Gasteiger partial charge in [0.25, 0.3) is 0 Å². The summed E-state index contributed by atoms with van der Waals surface area (Å²) in [5, 5.41) is 10.7. The van der Waals surface area contributed by atoms with E-state index in [0.29, 0.717) is 31.6 Å². The fourth-order valence-corrected chi connectivity index (χ4v) is 15.3. The molecule has 3 N–H and O–H groups in total. The number of aliphatic hydroxyl groups excluding tert-OH is 1. The fourth-order valence-electron chi connectivity index (χ4n) is 13.7. The number of phosphoric ester groups is 2. The summed E-state index contributed by atoms with van der Waals surface area (Å²) in [5.41, 5.74) is 0. The number of hydrogen-bond donors (Lipinski definition) is 3. The third-order valence-corrected chi connectivity index (χ3v) is 23.0. The van der Waals surface area contributed by atoms with Gasteiger partial charge >= 0.3 is 39.5 Å². The molecule has 0 aliphatic heterocycles. The molecule has 0 aromatic rings. The zero-order valence-electron chi connectivity index (χ0n) is 70.5. The Morgan fingerprint density at radius 2 is 0.477 bits per heavy atom. The van der Waals surface area contributed by atoms with Crippen molar-refractivity contribution in [2.45, 2.75) is 490 Å². The Hall–Kier alpha value is -1.94. The van der Waals surface area contributed by atoms with Gasteiger partial charge in [-0.1, -0.05) is 420 Å². The molecular formula is C88H172O17P2. The molecule has 0 radical (unpaired) electrons. The monoisotopic (exact) mass is 1560 g/mol. The van der Waals surface area contributed by atoms with Crippen molar-refractivity contribution in [3.63, 3.8) is 0 Å². The van der Waals surface area contributed by atoms with Crippen molar-refractivity contribution in [2.24, 2.45) is 11.8 Å². The molecule has 107 heavy (non-hydrogen) atoms. The van der Waals surface area contributed by atoms with E-state index in [1.807, 2.05) is 0 Å². The van der Waals surface area contributed by atoms with Crippen LogP contribution in [0.3, 0.4) is 0 Å². The van der Waals surface area contributed by atoms with Crippen molar-refractivity contribution in [2.75, 3.05) is 39.6 Å². The quantitative estimate of drug-likeness (QED) is 0.0222. The van der Waals surface area contributed by atoms with Crippen LogP contribution < -0.4 is 0 Å². The van der Waals surface area contributed by atoms with Gasteiger partial charge in [-0.25, -0.2) is 9.13 Å². The van der Waals surface area contributed by atoms with Gasteiger partial charge in [-0.15, -0.1) is 0 Å². The summed E-state index contributed by atoms with van der Waals surface area (Å²) in [6.07, 6.45) is 72.3. The van der Waals surface area contributed by atoms with Crippen LogP contribution >= 0.6 is 15.6 Å².